The number of likely N-dealkylation sites (tertiary alicyclic amines) is 1. The molecule has 0 unspecified atom stereocenters. The second-order valence-corrected chi connectivity index (χ2v) is 7.90. The number of hydrogen-bond donors (Lipinski definition) is 1. The minimum absolute atomic E-state index is 0.0355. The van der Waals surface area contributed by atoms with Crippen molar-refractivity contribution in [3.63, 3.8) is 0 Å². The van der Waals surface area contributed by atoms with E-state index in [1.54, 1.807) is 4.90 Å². The molecule has 4 amide bonds. The molecule has 1 saturated carbocycles. The number of amides is 4. The summed E-state index contributed by atoms with van der Waals surface area (Å²) < 4.78 is 5.06. The van der Waals surface area contributed by atoms with Crippen LogP contribution in [-0.2, 0) is 19.1 Å². The summed E-state index contributed by atoms with van der Waals surface area (Å²) in [5, 5.41) is 2.80. The van der Waals surface area contributed by atoms with Crippen LogP contribution in [-0.4, -0.2) is 65.4 Å². The molecule has 0 radical (unpaired) electrons. The van der Waals surface area contributed by atoms with Gasteiger partial charge in [-0.3, -0.25) is 19.3 Å². The largest absolute Gasteiger partial charge is 0.454 e. The summed E-state index contributed by atoms with van der Waals surface area (Å²) in [5.41, 5.74) is -0.891. The lowest BCUT2D eigenvalue weighted by atomic mass is 9.73. The number of nitrogens with zero attached hydrogens (tertiary/aromatic N) is 2. The molecule has 8 heteroatoms. The number of nitrogens with one attached hydrogen (secondary N) is 1. The van der Waals surface area contributed by atoms with Crippen molar-refractivity contribution in [3.05, 3.63) is 0 Å². The summed E-state index contributed by atoms with van der Waals surface area (Å²) in [5.74, 6) is -1.27. The third-order valence-corrected chi connectivity index (χ3v) is 6.10. The number of hydrogen-bond acceptors (Lipinski definition) is 5. The summed E-state index contributed by atoms with van der Waals surface area (Å²) in [6.45, 7) is 2.53. The molecule has 8 nitrogen and oxygen atoms in total. The summed E-state index contributed by atoms with van der Waals surface area (Å²) >= 11 is 0. The van der Waals surface area contributed by atoms with Crippen LogP contribution in [0.4, 0.5) is 4.79 Å². The highest BCUT2D eigenvalue weighted by Gasteiger charge is 2.55. The summed E-state index contributed by atoms with van der Waals surface area (Å²) in [7, 11) is 0. The molecule has 3 fully saturated rings. The van der Waals surface area contributed by atoms with Gasteiger partial charge in [-0.1, -0.05) is 32.6 Å². The van der Waals surface area contributed by atoms with Crippen molar-refractivity contribution >= 4 is 23.8 Å². The summed E-state index contributed by atoms with van der Waals surface area (Å²) in [4.78, 5) is 52.1. The molecule has 0 bridgehead atoms. The van der Waals surface area contributed by atoms with Gasteiger partial charge < -0.3 is 15.0 Å². The maximum atomic E-state index is 12.8. The normalized spacial score (nSPS) is 28.9. The van der Waals surface area contributed by atoms with Crippen molar-refractivity contribution in [1.82, 2.24) is 15.1 Å². The van der Waals surface area contributed by atoms with Crippen LogP contribution >= 0.6 is 0 Å². The quantitative estimate of drug-likeness (QED) is 0.589. The van der Waals surface area contributed by atoms with E-state index in [0.29, 0.717) is 19.5 Å². The number of ether oxygens (including phenoxy) is 1. The molecule has 27 heavy (non-hydrogen) atoms. The van der Waals surface area contributed by atoms with Gasteiger partial charge in [0.1, 0.15) is 12.1 Å². The van der Waals surface area contributed by atoms with Crippen LogP contribution < -0.4 is 5.32 Å². The Morgan fingerprint density at radius 1 is 1.11 bits per heavy atom. The van der Waals surface area contributed by atoms with E-state index in [1.165, 1.54) is 0 Å². The number of rotatable bonds is 4. The zero-order valence-corrected chi connectivity index (χ0v) is 16.0. The van der Waals surface area contributed by atoms with Crippen molar-refractivity contribution < 1.29 is 23.9 Å². The van der Waals surface area contributed by atoms with Crippen molar-refractivity contribution in [2.75, 3.05) is 26.2 Å². The Morgan fingerprint density at radius 2 is 1.81 bits per heavy atom. The molecular formula is C19H29N3O5. The Kier molecular flexibility index (Phi) is 6.01. The molecule has 150 valence electrons. The third kappa shape index (κ3) is 4.09. The maximum Gasteiger partial charge on any atom is 0.326 e. The first-order valence-corrected chi connectivity index (χ1v) is 10.0. The van der Waals surface area contributed by atoms with Gasteiger partial charge >= 0.3 is 12.0 Å². The predicted molar refractivity (Wildman–Crippen MR) is 96.6 cm³/mol. The van der Waals surface area contributed by atoms with Crippen LogP contribution in [0.2, 0.25) is 0 Å². The van der Waals surface area contributed by atoms with Crippen LogP contribution in [0.5, 0.6) is 0 Å². The van der Waals surface area contributed by atoms with E-state index in [0.717, 1.165) is 49.8 Å². The minimum atomic E-state index is -0.891. The molecule has 1 spiro atoms. The van der Waals surface area contributed by atoms with Gasteiger partial charge in [0, 0.05) is 13.1 Å². The van der Waals surface area contributed by atoms with Gasteiger partial charge in [0.05, 0.1) is 0 Å². The first-order valence-electron chi connectivity index (χ1n) is 10.0. The van der Waals surface area contributed by atoms with Crippen LogP contribution in [0.25, 0.3) is 0 Å². The lowest BCUT2D eigenvalue weighted by Crippen LogP contribution is -2.54. The smallest absolute Gasteiger partial charge is 0.326 e. The van der Waals surface area contributed by atoms with Crippen LogP contribution in [0, 0.1) is 5.92 Å². The number of carbonyl (C=O) groups is 4. The number of imide groups is 1. The molecular weight excluding hydrogens is 350 g/mol. The monoisotopic (exact) mass is 379 g/mol. The Balaban J connectivity index is 1.52. The first-order chi connectivity index (χ1) is 12.9. The molecule has 0 aromatic heterocycles. The molecule has 1 aliphatic carbocycles. The van der Waals surface area contributed by atoms with E-state index in [9.17, 15) is 19.2 Å². The molecule has 0 aromatic carbocycles. The van der Waals surface area contributed by atoms with Gasteiger partial charge in [0.2, 0.25) is 0 Å². The SMILES string of the molecule is C[C@H]1CCCC[C@]12NC(=O)N(CC(=O)OCC(=O)N1CCCCCC1)C2=O. The molecule has 2 atom stereocenters. The molecule has 1 N–H and O–H groups in total. The topological polar surface area (TPSA) is 96.0 Å². The van der Waals surface area contributed by atoms with Gasteiger partial charge in [-0.05, 0) is 31.6 Å². The second-order valence-electron chi connectivity index (χ2n) is 7.90. The predicted octanol–water partition coefficient (Wildman–Crippen LogP) is 1.43. The van der Waals surface area contributed by atoms with E-state index in [4.69, 9.17) is 4.74 Å². The Morgan fingerprint density at radius 3 is 2.48 bits per heavy atom. The standard InChI is InChI=1S/C19H29N3O5/c1-14-8-4-5-9-19(14)17(25)22(18(26)20-19)12-16(24)27-13-15(23)21-10-6-2-3-7-11-21/h14H,2-13H2,1H3,(H,20,26)/t14-,19-/m0/s1. The maximum absolute atomic E-state index is 12.8. The van der Waals surface area contributed by atoms with Gasteiger partial charge in [0.25, 0.3) is 11.8 Å². The van der Waals surface area contributed by atoms with Crippen LogP contribution in [0.1, 0.15) is 58.3 Å². The Bertz CT molecular complexity index is 614. The molecule has 2 heterocycles. The number of carbonyl (C=O) groups excluding carboxylic acids is 4. The van der Waals surface area contributed by atoms with Gasteiger partial charge in [-0.2, -0.15) is 0 Å². The second kappa shape index (κ2) is 8.27. The number of urea groups is 1. The summed E-state index contributed by atoms with van der Waals surface area (Å²) in [6.07, 6.45) is 7.51. The van der Waals surface area contributed by atoms with Crippen LogP contribution in [0.15, 0.2) is 0 Å². The minimum Gasteiger partial charge on any atom is -0.454 e. The van der Waals surface area contributed by atoms with Gasteiger partial charge in [-0.25, -0.2) is 4.79 Å². The average molecular weight is 379 g/mol. The summed E-state index contributed by atoms with van der Waals surface area (Å²) in [6, 6.07) is -0.551. The van der Waals surface area contributed by atoms with E-state index < -0.39 is 24.1 Å². The number of esters is 1. The lowest BCUT2D eigenvalue weighted by molar-refractivity contribution is -0.154. The highest BCUT2D eigenvalue weighted by molar-refractivity contribution is 6.09. The van der Waals surface area contributed by atoms with Crippen molar-refractivity contribution in [2.24, 2.45) is 5.92 Å². The van der Waals surface area contributed by atoms with Crippen molar-refractivity contribution in [3.8, 4) is 0 Å². The molecule has 3 aliphatic rings. The van der Waals surface area contributed by atoms with E-state index >= 15 is 0 Å². The van der Waals surface area contributed by atoms with Crippen LogP contribution in [0.3, 0.4) is 0 Å². The Labute approximate surface area is 159 Å². The fourth-order valence-electron chi connectivity index (χ4n) is 4.37. The van der Waals surface area contributed by atoms with Crippen molar-refractivity contribution in [2.45, 2.75) is 63.8 Å². The first kappa shape index (κ1) is 19.6. The molecule has 0 aromatic rings. The zero-order chi connectivity index (χ0) is 19.4. The molecule has 2 aliphatic heterocycles. The molecule has 2 saturated heterocycles. The van der Waals surface area contributed by atoms with E-state index in [1.807, 2.05) is 6.92 Å². The van der Waals surface area contributed by atoms with Gasteiger partial charge in [0.15, 0.2) is 6.61 Å². The molecule has 3 rings (SSSR count). The zero-order valence-electron chi connectivity index (χ0n) is 16.0. The van der Waals surface area contributed by atoms with Crippen molar-refractivity contribution in [1.29, 1.82) is 0 Å². The average Bonchev–Trinajstić information content (AvgIpc) is 2.85. The van der Waals surface area contributed by atoms with Gasteiger partial charge in [-0.15, -0.1) is 0 Å². The van der Waals surface area contributed by atoms with E-state index in [2.05, 4.69) is 5.32 Å². The fourth-order valence-corrected chi connectivity index (χ4v) is 4.37. The Hall–Kier alpha value is -2.12. The highest BCUT2D eigenvalue weighted by Crippen LogP contribution is 2.38. The lowest BCUT2D eigenvalue weighted by Gasteiger charge is -2.36. The third-order valence-electron chi connectivity index (χ3n) is 6.10. The fraction of sp³-hybridized carbons (Fsp3) is 0.789. The highest BCUT2D eigenvalue weighted by atomic mass is 16.5. The van der Waals surface area contributed by atoms with E-state index in [-0.39, 0.29) is 24.3 Å².